The van der Waals surface area contributed by atoms with E-state index in [1.807, 2.05) is 31.2 Å². The molecule has 178 valence electrons. The van der Waals surface area contributed by atoms with Crippen molar-refractivity contribution in [1.82, 2.24) is 14.3 Å². The summed E-state index contributed by atoms with van der Waals surface area (Å²) in [5.41, 5.74) is 2.62. The topological polar surface area (TPSA) is 75.6 Å². The first-order chi connectivity index (χ1) is 16.4. The maximum atomic E-state index is 13.4. The zero-order chi connectivity index (χ0) is 23.7. The van der Waals surface area contributed by atoms with Crippen LogP contribution in [0, 0.1) is 6.92 Å². The summed E-state index contributed by atoms with van der Waals surface area (Å²) in [6.45, 7) is 4.31. The summed E-state index contributed by atoms with van der Waals surface area (Å²) < 4.78 is 34.4. The first-order valence-corrected chi connectivity index (χ1v) is 13.4. The SMILES string of the molecule is Cc1cccc(Oc2nc(N3CCCCC3)nc3c2CN(S(=O)(=O)c2cccc(Cl)c2)CC3)c1. The number of ether oxygens (including phenoxy) is 1. The van der Waals surface area contributed by atoms with E-state index in [9.17, 15) is 8.42 Å². The zero-order valence-corrected chi connectivity index (χ0v) is 20.6. The van der Waals surface area contributed by atoms with Crippen molar-refractivity contribution in [1.29, 1.82) is 0 Å². The number of rotatable bonds is 5. The van der Waals surface area contributed by atoms with Crippen LogP contribution in [0.2, 0.25) is 5.02 Å². The van der Waals surface area contributed by atoms with E-state index in [1.54, 1.807) is 18.2 Å². The predicted molar refractivity (Wildman–Crippen MR) is 132 cm³/mol. The van der Waals surface area contributed by atoms with Crippen LogP contribution in [0.3, 0.4) is 0 Å². The van der Waals surface area contributed by atoms with Crippen LogP contribution in [0.1, 0.15) is 36.1 Å². The van der Waals surface area contributed by atoms with Crippen LogP contribution in [-0.2, 0) is 23.0 Å². The molecule has 0 amide bonds. The van der Waals surface area contributed by atoms with Crippen LogP contribution in [0.25, 0.3) is 0 Å². The van der Waals surface area contributed by atoms with E-state index < -0.39 is 10.0 Å². The van der Waals surface area contributed by atoms with Gasteiger partial charge < -0.3 is 9.64 Å². The highest BCUT2D eigenvalue weighted by Gasteiger charge is 2.32. The lowest BCUT2D eigenvalue weighted by atomic mass is 10.1. The molecule has 0 radical (unpaired) electrons. The summed E-state index contributed by atoms with van der Waals surface area (Å²) in [7, 11) is -3.73. The van der Waals surface area contributed by atoms with Crippen molar-refractivity contribution in [2.75, 3.05) is 24.5 Å². The van der Waals surface area contributed by atoms with E-state index in [-0.39, 0.29) is 11.4 Å². The number of aryl methyl sites for hydroxylation is 1. The molecule has 0 N–H and O–H groups in total. The highest BCUT2D eigenvalue weighted by Crippen LogP contribution is 2.34. The molecule has 0 atom stereocenters. The quantitative estimate of drug-likeness (QED) is 0.494. The molecule has 34 heavy (non-hydrogen) atoms. The molecule has 2 aliphatic heterocycles. The van der Waals surface area contributed by atoms with Gasteiger partial charge in [-0.25, -0.2) is 13.4 Å². The third-order valence-corrected chi connectivity index (χ3v) is 8.33. The van der Waals surface area contributed by atoms with E-state index in [1.165, 1.54) is 16.8 Å². The lowest BCUT2D eigenvalue weighted by molar-refractivity contribution is 0.369. The molecule has 7 nitrogen and oxygen atoms in total. The number of nitrogens with zero attached hydrogens (tertiary/aromatic N) is 4. The van der Waals surface area contributed by atoms with Crippen molar-refractivity contribution in [3.63, 3.8) is 0 Å². The maximum absolute atomic E-state index is 13.4. The Morgan fingerprint density at radius 1 is 0.971 bits per heavy atom. The third kappa shape index (κ3) is 4.76. The van der Waals surface area contributed by atoms with Gasteiger partial charge in [0.1, 0.15) is 5.75 Å². The highest BCUT2D eigenvalue weighted by molar-refractivity contribution is 7.89. The van der Waals surface area contributed by atoms with Gasteiger partial charge in [-0.1, -0.05) is 29.8 Å². The Bertz CT molecular complexity index is 1310. The number of benzene rings is 2. The molecule has 0 saturated carbocycles. The fourth-order valence-electron chi connectivity index (χ4n) is 4.44. The van der Waals surface area contributed by atoms with Crippen molar-refractivity contribution >= 4 is 27.6 Å². The van der Waals surface area contributed by atoms with Gasteiger partial charge >= 0.3 is 0 Å². The van der Waals surface area contributed by atoms with Gasteiger partial charge in [0.25, 0.3) is 0 Å². The largest absolute Gasteiger partial charge is 0.438 e. The molecule has 0 unspecified atom stereocenters. The van der Waals surface area contributed by atoms with Crippen LogP contribution in [0.4, 0.5) is 5.95 Å². The van der Waals surface area contributed by atoms with Crippen molar-refractivity contribution in [3.8, 4) is 11.6 Å². The second kappa shape index (κ2) is 9.52. The van der Waals surface area contributed by atoms with Crippen LogP contribution in [-0.4, -0.2) is 42.3 Å². The number of aromatic nitrogens is 2. The van der Waals surface area contributed by atoms with Gasteiger partial charge in [0.15, 0.2) is 0 Å². The van der Waals surface area contributed by atoms with Crippen molar-refractivity contribution in [3.05, 3.63) is 70.4 Å². The second-order valence-corrected chi connectivity index (χ2v) is 11.1. The Morgan fingerprint density at radius 3 is 2.53 bits per heavy atom. The van der Waals surface area contributed by atoms with Gasteiger partial charge in [0.2, 0.25) is 21.9 Å². The van der Waals surface area contributed by atoms with Crippen molar-refractivity contribution < 1.29 is 13.2 Å². The first kappa shape index (κ1) is 23.1. The highest BCUT2D eigenvalue weighted by atomic mass is 35.5. The standard InChI is InChI=1S/C25H27ClN4O3S/c1-18-7-5-9-20(15-18)33-24-22-17-30(34(31,32)21-10-6-8-19(26)16-21)14-11-23(22)27-25(28-24)29-12-3-2-4-13-29/h5-10,15-16H,2-4,11-14,17H2,1H3. The Kier molecular flexibility index (Phi) is 6.46. The lowest BCUT2D eigenvalue weighted by Crippen LogP contribution is -2.37. The molecule has 0 spiro atoms. The number of halogens is 1. The number of piperidine rings is 1. The summed E-state index contributed by atoms with van der Waals surface area (Å²) in [4.78, 5) is 12.0. The molecule has 1 aromatic heterocycles. The van der Waals surface area contributed by atoms with Crippen LogP contribution < -0.4 is 9.64 Å². The molecule has 1 saturated heterocycles. The van der Waals surface area contributed by atoms with E-state index in [0.717, 1.165) is 37.2 Å². The monoisotopic (exact) mass is 498 g/mol. The predicted octanol–water partition coefficient (Wildman–Crippen LogP) is 4.97. The molecule has 2 aromatic carbocycles. The smallest absolute Gasteiger partial charge is 0.243 e. The van der Waals surface area contributed by atoms with E-state index in [2.05, 4.69) is 4.90 Å². The summed E-state index contributed by atoms with van der Waals surface area (Å²) in [6, 6.07) is 14.1. The molecule has 9 heteroatoms. The number of anilines is 1. The molecule has 3 aromatic rings. The maximum Gasteiger partial charge on any atom is 0.243 e. The molecule has 2 aliphatic rings. The third-order valence-electron chi connectivity index (χ3n) is 6.25. The van der Waals surface area contributed by atoms with Crippen molar-refractivity contribution in [2.24, 2.45) is 0 Å². The van der Waals surface area contributed by atoms with Crippen LogP contribution >= 0.6 is 11.6 Å². The zero-order valence-electron chi connectivity index (χ0n) is 19.1. The van der Waals surface area contributed by atoms with E-state index in [4.69, 9.17) is 26.3 Å². The average Bonchev–Trinajstić information content (AvgIpc) is 2.84. The Hall–Kier alpha value is -2.68. The Morgan fingerprint density at radius 2 is 1.76 bits per heavy atom. The van der Waals surface area contributed by atoms with Crippen LogP contribution in [0.5, 0.6) is 11.6 Å². The fourth-order valence-corrected chi connectivity index (χ4v) is 6.15. The average molecular weight is 499 g/mol. The summed E-state index contributed by atoms with van der Waals surface area (Å²) in [5, 5.41) is 0.386. The Balaban J connectivity index is 1.52. The second-order valence-electron chi connectivity index (χ2n) is 8.77. The van der Waals surface area contributed by atoms with E-state index in [0.29, 0.717) is 41.1 Å². The van der Waals surface area contributed by atoms with Gasteiger partial charge in [-0.3, -0.25) is 0 Å². The molecule has 1 fully saturated rings. The molecule has 3 heterocycles. The van der Waals surface area contributed by atoms with Gasteiger partial charge in [0.05, 0.1) is 16.2 Å². The minimum absolute atomic E-state index is 0.144. The van der Waals surface area contributed by atoms with Gasteiger partial charge in [0, 0.05) is 37.6 Å². The lowest BCUT2D eigenvalue weighted by Gasteiger charge is -2.31. The Labute approximate surface area is 205 Å². The normalized spacial score (nSPS) is 16.8. The molecule has 0 aliphatic carbocycles. The van der Waals surface area contributed by atoms with Gasteiger partial charge in [-0.2, -0.15) is 9.29 Å². The molecular weight excluding hydrogens is 472 g/mol. The number of fused-ring (bicyclic) bond motifs is 1. The summed E-state index contributed by atoms with van der Waals surface area (Å²) in [5.74, 6) is 1.75. The minimum Gasteiger partial charge on any atom is -0.438 e. The summed E-state index contributed by atoms with van der Waals surface area (Å²) in [6.07, 6.45) is 3.92. The van der Waals surface area contributed by atoms with Crippen molar-refractivity contribution in [2.45, 2.75) is 44.0 Å². The number of hydrogen-bond donors (Lipinski definition) is 0. The van der Waals surface area contributed by atoms with Gasteiger partial charge in [-0.15, -0.1) is 0 Å². The summed E-state index contributed by atoms with van der Waals surface area (Å²) >= 11 is 6.06. The fraction of sp³-hybridized carbons (Fsp3) is 0.360. The molecule has 5 rings (SSSR count). The molecule has 0 bridgehead atoms. The number of hydrogen-bond acceptors (Lipinski definition) is 6. The van der Waals surface area contributed by atoms with E-state index >= 15 is 0 Å². The van der Waals surface area contributed by atoms with Gasteiger partial charge in [-0.05, 0) is 62.1 Å². The minimum atomic E-state index is -3.73. The first-order valence-electron chi connectivity index (χ1n) is 11.6. The van der Waals surface area contributed by atoms with Crippen LogP contribution in [0.15, 0.2) is 53.4 Å². The number of sulfonamides is 1. The molecular formula is C25H27ClN4O3S.